The lowest BCUT2D eigenvalue weighted by atomic mass is 10.1. The zero-order valence-corrected chi connectivity index (χ0v) is 22.9. The monoisotopic (exact) mass is 468 g/mol. The molecule has 1 heterocycles. The highest BCUT2D eigenvalue weighted by molar-refractivity contribution is 7.39. The van der Waals surface area contributed by atoms with E-state index in [2.05, 4.69) is 33.5 Å². The largest absolute Gasteiger partial charge is 0.500 e. The topological polar surface area (TPSA) is 64.6 Å². The zero-order chi connectivity index (χ0) is 22.0. The summed E-state index contributed by atoms with van der Waals surface area (Å²) in [6.45, 7) is 14.7. The minimum Gasteiger partial charge on any atom is -0.415 e. The highest BCUT2D eigenvalue weighted by Crippen LogP contribution is 2.42. The molecule has 0 aromatic heterocycles. The van der Waals surface area contributed by atoms with Crippen LogP contribution in [-0.4, -0.2) is 90.8 Å². The quantitative estimate of drug-likeness (QED) is 0.269. The van der Waals surface area contributed by atoms with Gasteiger partial charge >= 0.3 is 8.80 Å². The van der Waals surface area contributed by atoms with Crippen LogP contribution >= 0.6 is 0 Å². The van der Waals surface area contributed by atoms with Gasteiger partial charge < -0.3 is 31.9 Å². The Morgan fingerprint density at radius 2 is 1.24 bits per heavy atom. The Balaban J connectivity index is 2.93. The normalized spacial score (nSPS) is 24.0. The van der Waals surface area contributed by atoms with Crippen molar-refractivity contribution in [2.24, 2.45) is 0 Å². The summed E-state index contributed by atoms with van der Waals surface area (Å²) in [7, 11) is -1.21. The van der Waals surface area contributed by atoms with Crippen molar-refractivity contribution in [3.8, 4) is 0 Å². The molecule has 0 saturated carbocycles. The first-order valence-electron chi connectivity index (χ1n) is 10.6. The van der Waals surface area contributed by atoms with Gasteiger partial charge in [0.1, 0.15) is 0 Å². The molecule has 0 aromatic rings. The highest BCUT2D eigenvalue weighted by Gasteiger charge is 2.55. The van der Waals surface area contributed by atoms with Crippen molar-refractivity contribution in [1.29, 1.82) is 0 Å². The van der Waals surface area contributed by atoms with Gasteiger partial charge in [-0.15, -0.1) is 0 Å². The Kier molecular flexibility index (Phi) is 11.7. The van der Waals surface area contributed by atoms with Crippen LogP contribution in [0.3, 0.4) is 0 Å². The van der Waals surface area contributed by atoms with Gasteiger partial charge in [-0.05, 0) is 33.4 Å². The molecular formula is C19H44O7Si3. The molecule has 1 atom stereocenters. The second-order valence-electron chi connectivity index (χ2n) is 9.14. The first-order valence-corrected chi connectivity index (χ1v) is 19.4. The average Bonchev–Trinajstić information content (AvgIpc) is 2.63. The van der Waals surface area contributed by atoms with Crippen LogP contribution in [0.5, 0.6) is 0 Å². The molecule has 1 rings (SSSR count). The molecule has 1 fully saturated rings. The van der Waals surface area contributed by atoms with Crippen molar-refractivity contribution >= 4 is 24.2 Å². The standard InChI is InChI=1S/C19H44O7Si3/c1-19(2)9-16-28(8,27(6,7)26-19)17-18-29(23-13-10-20-3,24-14-11-21-4)25-15-12-22-5/h9-18H2,1-8H3. The Labute approximate surface area is 181 Å². The lowest BCUT2D eigenvalue weighted by Crippen LogP contribution is -2.66. The summed E-state index contributed by atoms with van der Waals surface area (Å²) in [5.41, 5.74) is -0.00432. The van der Waals surface area contributed by atoms with Crippen LogP contribution in [0.25, 0.3) is 0 Å². The predicted octanol–water partition coefficient (Wildman–Crippen LogP) is 3.48. The molecule has 0 bridgehead atoms. The van der Waals surface area contributed by atoms with E-state index in [9.17, 15) is 0 Å². The number of hydrogen-bond donors (Lipinski definition) is 0. The molecule has 0 spiro atoms. The first-order chi connectivity index (χ1) is 13.6. The first kappa shape index (κ1) is 27.4. The Hall–Kier alpha value is 0.371. The fraction of sp³-hybridized carbons (Fsp3) is 1.00. The molecule has 0 aromatic carbocycles. The van der Waals surface area contributed by atoms with Gasteiger partial charge in [0.15, 0.2) is 7.83 Å². The Morgan fingerprint density at radius 1 is 0.793 bits per heavy atom. The van der Waals surface area contributed by atoms with Crippen molar-refractivity contribution in [3.63, 3.8) is 0 Å². The van der Waals surface area contributed by atoms with Crippen LogP contribution in [0, 0.1) is 0 Å². The molecular weight excluding hydrogens is 424 g/mol. The molecule has 0 amide bonds. The van der Waals surface area contributed by atoms with Crippen LogP contribution in [0.15, 0.2) is 0 Å². The van der Waals surface area contributed by atoms with Crippen molar-refractivity contribution in [3.05, 3.63) is 0 Å². The van der Waals surface area contributed by atoms with Gasteiger partial charge in [-0.3, -0.25) is 0 Å². The molecule has 1 aliphatic heterocycles. The summed E-state index contributed by atoms with van der Waals surface area (Å²) in [6.07, 6.45) is 1.13. The molecule has 1 unspecified atom stereocenters. The van der Waals surface area contributed by atoms with E-state index in [1.807, 2.05) is 0 Å². The van der Waals surface area contributed by atoms with Gasteiger partial charge in [-0.1, -0.05) is 18.6 Å². The van der Waals surface area contributed by atoms with Crippen molar-refractivity contribution in [1.82, 2.24) is 0 Å². The average molecular weight is 469 g/mol. The van der Waals surface area contributed by atoms with Crippen LogP contribution < -0.4 is 0 Å². The highest BCUT2D eigenvalue weighted by atomic mass is 29.3. The maximum atomic E-state index is 6.67. The summed E-state index contributed by atoms with van der Waals surface area (Å²) in [6, 6.07) is 3.20. The van der Waals surface area contributed by atoms with E-state index in [0.717, 1.165) is 18.5 Å². The summed E-state index contributed by atoms with van der Waals surface area (Å²) >= 11 is 0. The Bertz CT molecular complexity index is 439. The van der Waals surface area contributed by atoms with E-state index in [4.69, 9.17) is 31.9 Å². The second kappa shape index (κ2) is 12.4. The van der Waals surface area contributed by atoms with Gasteiger partial charge in [-0.25, -0.2) is 0 Å². The molecule has 0 aliphatic carbocycles. The summed E-state index contributed by atoms with van der Waals surface area (Å²) in [4.78, 5) is 0. The summed E-state index contributed by atoms with van der Waals surface area (Å²) < 4.78 is 41.0. The number of hydrogen-bond acceptors (Lipinski definition) is 7. The number of methoxy groups -OCH3 is 3. The van der Waals surface area contributed by atoms with Crippen molar-refractivity contribution < 1.29 is 31.9 Å². The van der Waals surface area contributed by atoms with Crippen LogP contribution in [0.1, 0.15) is 20.3 Å². The lowest BCUT2D eigenvalue weighted by Gasteiger charge is -2.51. The molecule has 29 heavy (non-hydrogen) atoms. The fourth-order valence-corrected chi connectivity index (χ4v) is 20.1. The molecule has 174 valence electrons. The van der Waals surface area contributed by atoms with Crippen molar-refractivity contribution in [2.45, 2.75) is 63.6 Å². The molecule has 0 radical (unpaired) electrons. The molecule has 1 aliphatic rings. The SMILES string of the molecule is COCCO[Si](CC[Si]1(C)CCC(C)(C)O[Si]1(C)C)(OCCOC)OCCOC. The minimum absolute atomic E-state index is 0.00432. The summed E-state index contributed by atoms with van der Waals surface area (Å²) in [5, 5.41) is 0. The second-order valence-corrected chi connectivity index (χ2v) is 26.5. The van der Waals surface area contributed by atoms with Gasteiger partial charge in [-0.2, -0.15) is 0 Å². The maximum absolute atomic E-state index is 6.67. The molecule has 10 heteroatoms. The van der Waals surface area contributed by atoms with Gasteiger partial charge in [0.05, 0.1) is 52.8 Å². The van der Waals surface area contributed by atoms with Crippen LogP contribution in [0.4, 0.5) is 0 Å². The molecule has 0 N–H and O–H groups in total. The third-order valence-corrected chi connectivity index (χ3v) is 26.6. The van der Waals surface area contributed by atoms with Crippen LogP contribution in [-0.2, 0) is 31.9 Å². The maximum Gasteiger partial charge on any atom is 0.500 e. The van der Waals surface area contributed by atoms with Crippen LogP contribution in [0.2, 0.25) is 37.8 Å². The number of rotatable bonds is 15. The van der Waals surface area contributed by atoms with Gasteiger partial charge in [0.2, 0.25) is 0 Å². The van der Waals surface area contributed by atoms with E-state index < -0.39 is 24.2 Å². The molecule has 7 nitrogen and oxygen atoms in total. The van der Waals surface area contributed by atoms with E-state index in [1.54, 1.807) is 21.3 Å². The lowest BCUT2D eigenvalue weighted by molar-refractivity contribution is 0.0153. The third kappa shape index (κ3) is 8.79. The van der Waals surface area contributed by atoms with E-state index in [1.165, 1.54) is 6.04 Å². The predicted molar refractivity (Wildman–Crippen MR) is 123 cm³/mol. The van der Waals surface area contributed by atoms with E-state index >= 15 is 0 Å². The smallest absolute Gasteiger partial charge is 0.415 e. The van der Waals surface area contributed by atoms with E-state index in [-0.39, 0.29) is 5.60 Å². The zero-order valence-electron chi connectivity index (χ0n) is 19.9. The Morgan fingerprint density at radius 3 is 1.62 bits per heavy atom. The summed E-state index contributed by atoms with van der Waals surface area (Å²) in [5.74, 6) is 0. The van der Waals surface area contributed by atoms with Gasteiger partial charge in [0, 0.05) is 27.4 Å². The van der Waals surface area contributed by atoms with Gasteiger partial charge in [0.25, 0.3) is 0 Å². The molecule has 1 saturated heterocycles. The fourth-order valence-electron chi connectivity index (χ4n) is 3.78. The number of ether oxygens (including phenoxy) is 3. The minimum atomic E-state index is -2.88. The van der Waals surface area contributed by atoms with Crippen molar-refractivity contribution in [2.75, 3.05) is 61.0 Å². The third-order valence-electron chi connectivity index (χ3n) is 6.08. The van der Waals surface area contributed by atoms with E-state index in [0.29, 0.717) is 39.6 Å².